The van der Waals surface area contributed by atoms with Gasteiger partial charge in [0.05, 0.1) is 5.75 Å². The van der Waals surface area contributed by atoms with E-state index in [2.05, 4.69) is 4.72 Å². The van der Waals surface area contributed by atoms with Gasteiger partial charge in [0.2, 0.25) is 10.0 Å². The van der Waals surface area contributed by atoms with Gasteiger partial charge in [0.1, 0.15) is 0 Å². The highest BCUT2D eigenvalue weighted by atomic mass is 32.2. The van der Waals surface area contributed by atoms with Gasteiger partial charge in [-0.05, 0) is 13.3 Å². The molecule has 0 radical (unpaired) electrons. The minimum atomic E-state index is -3.38. The van der Waals surface area contributed by atoms with Crippen LogP contribution in [0.15, 0.2) is 0 Å². The van der Waals surface area contributed by atoms with Crippen LogP contribution in [0.25, 0.3) is 0 Å². The second-order valence-electron chi connectivity index (χ2n) is 3.07. The maximum atomic E-state index is 11.2. The molecule has 0 unspecified atom stereocenters. The lowest BCUT2D eigenvalue weighted by Gasteiger charge is -2.11. The first-order chi connectivity index (χ1) is 6.37. The molecule has 0 rings (SSSR count). The number of carboxylic acid groups (broad SMARTS) is 1. The first-order valence-corrected chi connectivity index (χ1v) is 5.94. The van der Waals surface area contributed by atoms with Gasteiger partial charge in [0.15, 0.2) is 0 Å². The summed E-state index contributed by atoms with van der Waals surface area (Å²) < 4.78 is 24.8. The summed E-state index contributed by atoms with van der Waals surface area (Å²) in [5.41, 5.74) is 5.24. The minimum absolute atomic E-state index is 0.113. The van der Waals surface area contributed by atoms with Gasteiger partial charge in [-0.3, -0.25) is 4.79 Å². The van der Waals surface area contributed by atoms with Crippen molar-refractivity contribution in [3.63, 3.8) is 0 Å². The van der Waals surface area contributed by atoms with Crippen LogP contribution < -0.4 is 10.5 Å². The second-order valence-corrected chi connectivity index (χ2v) is 4.94. The molecule has 0 aromatic carbocycles. The monoisotopic (exact) mass is 224 g/mol. The van der Waals surface area contributed by atoms with Crippen molar-refractivity contribution >= 4 is 16.0 Å². The number of hydrogen-bond acceptors (Lipinski definition) is 4. The normalized spacial score (nSPS) is 13.9. The largest absolute Gasteiger partial charge is 0.481 e. The summed E-state index contributed by atoms with van der Waals surface area (Å²) in [6.07, 6.45) is -0.0279. The highest BCUT2D eigenvalue weighted by Crippen LogP contribution is 1.95. The number of nitrogens with two attached hydrogens (primary N) is 1. The van der Waals surface area contributed by atoms with Gasteiger partial charge in [-0.2, -0.15) is 0 Å². The Morgan fingerprint density at radius 3 is 2.57 bits per heavy atom. The van der Waals surface area contributed by atoms with E-state index in [0.717, 1.165) is 0 Å². The molecule has 0 aliphatic carbocycles. The lowest BCUT2D eigenvalue weighted by Crippen LogP contribution is -2.39. The third-order valence-electron chi connectivity index (χ3n) is 1.54. The molecule has 0 saturated carbocycles. The molecular formula is C7H16N2O4S. The van der Waals surface area contributed by atoms with Crippen LogP contribution in [0.2, 0.25) is 0 Å². The van der Waals surface area contributed by atoms with Crippen molar-refractivity contribution in [1.82, 2.24) is 4.72 Å². The van der Waals surface area contributed by atoms with E-state index in [0.29, 0.717) is 0 Å². The van der Waals surface area contributed by atoms with Crippen LogP contribution in [0.1, 0.15) is 19.8 Å². The fraction of sp³-hybridized carbons (Fsp3) is 0.857. The first-order valence-electron chi connectivity index (χ1n) is 4.29. The summed E-state index contributed by atoms with van der Waals surface area (Å²) in [6.45, 7) is 1.87. The third-order valence-corrected chi connectivity index (χ3v) is 3.13. The SMILES string of the molecule is C[C@H](CN)NS(=O)(=O)CCCC(=O)O. The van der Waals surface area contributed by atoms with Crippen LogP contribution in [-0.4, -0.2) is 37.8 Å². The molecule has 0 spiro atoms. The number of aliphatic carboxylic acids is 1. The predicted octanol–water partition coefficient (Wildman–Crippen LogP) is -0.882. The standard InChI is InChI=1S/C7H16N2O4S/c1-6(5-8)9-14(12,13)4-2-3-7(10)11/h6,9H,2-5,8H2,1H3,(H,10,11)/t6-/m1/s1. The average Bonchev–Trinajstić information content (AvgIpc) is 2.02. The Kier molecular flexibility index (Phi) is 5.66. The van der Waals surface area contributed by atoms with Crippen molar-refractivity contribution in [2.75, 3.05) is 12.3 Å². The van der Waals surface area contributed by atoms with Crippen molar-refractivity contribution in [3.8, 4) is 0 Å². The van der Waals surface area contributed by atoms with Gasteiger partial charge in [-0.25, -0.2) is 13.1 Å². The summed E-state index contributed by atoms with van der Waals surface area (Å²) in [5.74, 6) is -1.17. The topological polar surface area (TPSA) is 109 Å². The Morgan fingerprint density at radius 2 is 2.14 bits per heavy atom. The smallest absolute Gasteiger partial charge is 0.303 e. The van der Waals surface area contributed by atoms with E-state index in [1.54, 1.807) is 6.92 Å². The van der Waals surface area contributed by atoms with Crippen molar-refractivity contribution in [2.24, 2.45) is 5.73 Å². The number of nitrogens with one attached hydrogen (secondary N) is 1. The van der Waals surface area contributed by atoms with Crippen LogP contribution in [0.5, 0.6) is 0 Å². The van der Waals surface area contributed by atoms with Crippen LogP contribution in [0.4, 0.5) is 0 Å². The van der Waals surface area contributed by atoms with Gasteiger partial charge in [-0.15, -0.1) is 0 Å². The molecule has 84 valence electrons. The molecule has 0 aliphatic rings. The predicted molar refractivity (Wildman–Crippen MR) is 52.3 cm³/mol. The second kappa shape index (κ2) is 5.94. The lowest BCUT2D eigenvalue weighted by molar-refractivity contribution is -0.137. The van der Waals surface area contributed by atoms with Crippen molar-refractivity contribution in [1.29, 1.82) is 0 Å². The zero-order chi connectivity index (χ0) is 11.2. The highest BCUT2D eigenvalue weighted by molar-refractivity contribution is 7.89. The van der Waals surface area contributed by atoms with E-state index >= 15 is 0 Å². The summed E-state index contributed by atoms with van der Waals surface area (Å²) >= 11 is 0. The molecular weight excluding hydrogens is 208 g/mol. The van der Waals surface area contributed by atoms with Gasteiger partial charge >= 0.3 is 5.97 Å². The first kappa shape index (κ1) is 13.3. The Hall–Kier alpha value is -0.660. The van der Waals surface area contributed by atoms with E-state index in [4.69, 9.17) is 10.8 Å². The molecule has 7 heteroatoms. The minimum Gasteiger partial charge on any atom is -0.481 e. The van der Waals surface area contributed by atoms with Crippen LogP contribution in [0, 0.1) is 0 Å². The zero-order valence-corrected chi connectivity index (χ0v) is 8.88. The van der Waals surface area contributed by atoms with E-state index in [9.17, 15) is 13.2 Å². The maximum absolute atomic E-state index is 11.2. The summed E-state index contributed by atoms with van der Waals surface area (Å²) in [6, 6.07) is -0.315. The number of sulfonamides is 1. The molecule has 0 heterocycles. The molecule has 1 atom stereocenters. The number of carbonyl (C=O) groups is 1. The van der Waals surface area contributed by atoms with E-state index in [1.165, 1.54) is 0 Å². The molecule has 4 N–H and O–H groups in total. The summed E-state index contributed by atoms with van der Waals surface area (Å²) in [7, 11) is -3.38. The van der Waals surface area contributed by atoms with Crippen LogP contribution in [0.3, 0.4) is 0 Å². The van der Waals surface area contributed by atoms with Crippen molar-refractivity contribution in [3.05, 3.63) is 0 Å². The van der Waals surface area contributed by atoms with Gasteiger partial charge in [0, 0.05) is 19.0 Å². The molecule has 0 saturated heterocycles. The molecule has 0 bridgehead atoms. The van der Waals surface area contributed by atoms with Crippen LogP contribution >= 0.6 is 0 Å². The fourth-order valence-corrected chi connectivity index (χ4v) is 2.18. The Labute approximate surface area is 83.5 Å². The Morgan fingerprint density at radius 1 is 1.57 bits per heavy atom. The van der Waals surface area contributed by atoms with Gasteiger partial charge < -0.3 is 10.8 Å². The molecule has 0 aromatic heterocycles. The third kappa shape index (κ3) is 6.81. The van der Waals surface area contributed by atoms with Crippen molar-refractivity contribution < 1.29 is 18.3 Å². The van der Waals surface area contributed by atoms with E-state index in [1.807, 2.05) is 0 Å². The molecule has 0 aromatic rings. The van der Waals surface area contributed by atoms with E-state index in [-0.39, 0.29) is 31.2 Å². The maximum Gasteiger partial charge on any atom is 0.303 e. The van der Waals surface area contributed by atoms with Gasteiger partial charge in [-0.1, -0.05) is 0 Å². The molecule has 6 nitrogen and oxygen atoms in total. The highest BCUT2D eigenvalue weighted by Gasteiger charge is 2.13. The molecule has 0 fully saturated rings. The number of hydrogen-bond donors (Lipinski definition) is 3. The van der Waals surface area contributed by atoms with E-state index < -0.39 is 16.0 Å². The zero-order valence-electron chi connectivity index (χ0n) is 8.06. The number of rotatable bonds is 7. The average molecular weight is 224 g/mol. The molecule has 14 heavy (non-hydrogen) atoms. The van der Waals surface area contributed by atoms with Crippen molar-refractivity contribution in [2.45, 2.75) is 25.8 Å². The molecule has 0 aliphatic heterocycles. The summed E-state index contributed by atoms with van der Waals surface area (Å²) in [5, 5.41) is 8.30. The quantitative estimate of drug-likeness (QED) is 0.520. The fourth-order valence-electron chi connectivity index (χ4n) is 0.827. The number of carboxylic acids is 1. The van der Waals surface area contributed by atoms with Gasteiger partial charge in [0.25, 0.3) is 0 Å². The Balaban J connectivity index is 3.90. The summed E-state index contributed by atoms with van der Waals surface area (Å²) in [4.78, 5) is 10.1. The Bertz CT molecular complexity index is 275. The molecule has 0 amide bonds. The lowest BCUT2D eigenvalue weighted by atomic mass is 10.3. The van der Waals surface area contributed by atoms with Crippen LogP contribution in [-0.2, 0) is 14.8 Å².